The van der Waals surface area contributed by atoms with Crippen molar-refractivity contribution < 1.29 is 4.79 Å². The fourth-order valence-electron chi connectivity index (χ4n) is 2.90. The maximum atomic E-state index is 12.4. The quantitative estimate of drug-likeness (QED) is 0.879. The lowest BCUT2D eigenvalue weighted by atomic mass is 10.0. The van der Waals surface area contributed by atoms with Crippen molar-refractivity contribution in [1.82, 2.24) is 10.2 Å². The number of likely N-dealkylation sites (tertiary alicyclic amines) is 1. The minimum absolute atomic E-state index is 0.0707. The van der Waals surface area contributed by atoms with Crippen LogP contribution in [0.15, 0.2) is 30.3 Å². The summed E-state index contributed by atoms with van der Waals surface area (Å²) in [4.78, 5) is 14.5. The third-order valence-corrected chi connectivity index (χ3v) is 3.91. The molecule has 0 aromatic heterocycles. The molecule has 1 fully saturated rings. The fourth-order valence-corrected chi connectivity index (χ4v) is 2.90. The van der Waals surface area contributed by atoms with Gasteiger partial charge in [-0.3, -0.25) is 4.79 Å². The normalized spacial score (nSPS) is 20.5. The second-order valence-corrected chi connectivity index (χ2v) is 5.48. The smallest absolute Gasteiger partial charge is 0.226 e. The first-order valence-corrected chi connectivity index (χ1v) is 7.21. The van der Waals surface area contributed by atoms with E-state index in [1.807, 2.05) is 20.0 Å². The third-order valence-electron chi connectivity index (χ3n) is 3.91. The maximum Gasteiger partial charge on any atom is 0.226 e. The Morgan fingerprint density at radius 3 is 2.84 bits per heavy atom. The summed E-state index contributed by atoms with van der Waals surface area (Å²) < 4.78 is 0. The van der Waals surface area contributed by atoms with E-state index in [4.69, 9.17) is 0 Å². The van der Waals surface area contributed by atoms with Crippen molar-refractivity contribution in [1.29, 1.82) is 0 Å². The molecule has 1 heterocycles. The summed E-state index contributed by atoms with van der Waals surface area (Å²) in [6.07, 6.45) is 3.25. The second kappa shape index (κ2) is 6.71. The highest BCUT2D eigenvalue weighted by Gasteiger charge is 2.30. The molecule has 19 heavy (non-hydrogen) atoms. The summed E-state index contributed by atoms with van der Waals surface area (Å²) in [6.45, 7) is 3.69. The molecule has 3 heteroatoms. The molecule has 1 saturated heterocycles. The Balaban J connectivity index is 1.99. The van der Waals surface area contributed by atoms with Crippen LogP contribution >= 0.6 is 0 Å². The first kappa shape index (κ1) is 14.1. The number of nitrogens with zero attached hydrogens (tertiary/aromatic N) is 1. The molecule has 3 nitrogen and oxygen atoms in total. The number of amides is 1. The van der Waals surface area contributed by atoms with Gasteiger partial charge in [0.25, 0.3) is 0 Å². The summed E-state index contributed by atoms with van der Waals surface area (Å²) in [6, 6.07) is 10.9. The summed E-state index contributed by atoms with van der Waals surface area (Å²) in [5.41, 5.74) is 1.33. The standard InChI is InChI=1S/C16H24N2O/c1-13(12-17-2)16(19)18-10-6-9-15(18)11-14-7-4-3-5-8-14/h3-5,7-8,13,15,17H,6,9-12H2,1-2H3. The van der Waals surface area contributed by atoms with Crippen LogP contribution in [0.4, 0.5) is 0 Å². The zero-order valence-electron chi connectivity index (χ0n) is 11.9. The van der Waals surface area contributed by atoms with Gasteiger partial charge in [0, 0.05) is 25.0 Å². The SMILES string of the molecule is CNCC(C)C(=O)N1CCCC1Cc1ccccc1. The van der Waals surface area contributed by atoms with E-state index < -0.39 is 0 Å². The van der Waals surface area contributed by atoms with Crippen molar-refractivity contribution in [3.63, 3.8) is 0 Å². The molecule has 0 saturated carbocycles. The molecule has 1 aliphatic rings. The van der Waals surface area contributed by atoms with Gasteiger partial charge in [0.05, 0.1) is 0 Å². The number of rotatable bonds is 5. The van der Waals surface area contributed by atoms with E-state index in [-0.39, 0.29) is 5.92 Å². The first-order chi connectivity index (χ1) is 9.22. The van der Waals surface area contributed by atoms with Gasteiger partial charge in [-0.25, -0.2) is 0 Å². The Bertz CT molecular complexity index is 404. The number of carbonyl (C=O) groups is 1. The van der Waals surface area contributed by atoms with Crippen LogP contribution in [-0.2, 0) is 11.2 Å². The van der Waals surface area contributed by atoms with Crippen LogP contribution in [0, 0.1) is 5.92 Å². The lowest BCUT2D eigenvalue weighted by Crippen LogP contribution is -2.42. The van der Waals surface area contributed by atoms with Crippen molar-refractivity contribution in [2.24, 2.45) is 5.92 Å². The Hall–Kier alpha value is -1.35. The molecule has 2 unspecified atom stereocenters. The monoisotopic (exact) mass is 260 g/mol. The number of benzene rings is 1. The van der Waals surface area contributed by atoms with Crippen molar-refractivity contribution in [2.75, 3.05) is 20.1 Å². The average Bonchev–Trinajstić information content (AvgIpc) is 2.87. The zero-order chi connectivity index (χ0) is 13.7. The van der Waals surface area contributed by atoms with Gasteiger partial charge in [0.2, 0.25) is 5.91 Å². The Labute approximate surface area is 116 Å². The van der Waals surface area contributed by atoms with Gasteiger partial charge < -0.3 is 10.2 Å². The van der Waals surface area contributed by atoms with Gasteiger partial charge in [-0.15, -0.1) is 0 Å². The van der Waals surface area contributed by atoms with Gasteiger partial charge in [-0.2, -0.15) is 0 Å². The number of hydrogen-bond donors (Lipinski definition) is 1. The van der Waals surface area contributed by atoms with E-state index in [1.165, 1.54) is 5.56 Å². The number of carbonyl (C=O) groups excluding carboxylic acids is 1. The Morgan fingerprint density at radius 2 is 2.16 bits per heavy atom. The molecule has 2 rings (SSSR count). The lowest BCUT2D eigenvalue weighted by molar-refractivity contribution is -0.135. The predicted octanol–water partition coefficient (Wildman–Crippen LogP) is 2.08. The summed E-state index contributed by atoms with van der Waals surface area (Å²) >= 11 is 0. The van der Waals surface area contributed by atoms with Crippen LogP contribution in [0.1, 0.15) is 25.3 Å². The van der Waals surface area contributed by atoms with E-state index in [0.29, 0.717) is 11.9 Å². The average molecular weight is 260 g/mol. The molecule has 0 bridgehead atoms. The van der Waals surface area contributed by atoms with Crippen molar-refractivity contribution in [2.45, 2.75) is 32.2 Å². The summed E-state index contributed by atoms with van der Waals surface area (Å²) in [5, 5.41) is 3.09. The number of hydrogen-bond acceptors (Lipinski definition) is 2. The predicted molar refractivity (Wildman–Crippen MR) is 78.0 cm³/mol. The van der Waals surface area contributed by atoms with Crippen molar-refractivity contribution in [3.05, 3.63) is 35.9 Å². The molecule has 1 aromatic carbocycles. The Morgan fingerprint density at radius 1 is 1.42 bits per heavy atom. The van der Waals surface area contributed by atoms with Crippen LogP contribution in [-0.4, -0.2) is 37.0 Å². The third kappa shape index (κ3) is 3.57. The van der Waals surface area contributed by atoms with Crippen molar-refractivity contribution in [3.8, 4) is 0 Å². The zero-order valence-corrected chi connectivity index (χ0v) is 11.9. The molecule has 0 aliphatic carbocycles. The highest BCUT2D eigenvalue weighted by Crippen LogP contribution is 2.23. The maximum absolute atomic E-state index is 12.4. The van der Waals surface area contributed by atoms with Gasteiger partial charge in [-0.1, -0.05) is 37.3 Å². The topological polar surface area (TPSA) is 32.3 Å². The molecular formula is C16H24N2O. The van der Waals surface area contributed by atoms with E-state index in [1.54, 1.807) is 0 Å². The highest BCUT2D eigenvalue weighted by atomic mass is 16.2. The summed E-state index contributed by atoms with van der Waals surface area (Å²) in [7, 11) is 1.90. The second-order valence-electron chi connectivity index (χ2n) is 5.48. The van der Waals surface area contributed by atoms with E-state index in [2.05, 4.69) is 34.5 Å². The van der Waals surface area contributed by atoms with E-state index >= 15 is 0 Å². The van der Waals surface area contributed by atoms with Gasteiger partial charge in [-0.05, 0) is 31.9 Å². The minimum Gasteiger partial charge on any atom is -0.339 e. The lowest BCUT2D eigenvalue weighted by Gasteiger charge is -2.27. The molecule has 1 aliphatic heterocycles. The Kier molecular flexibility index (Phi) is 4.97. The molecule has 2 atom stereocenters. The van der Waals surface area contributed by atoms with E-state index in [9.17, 15) is 4.79 Å². The molecular weight excluding hydrogens is 236 g/mol. The van der Waals surface area contributed by atoms with Gasteiger partial charge in [0.1, 0.15) is 0 Å². The minimum atomic E-state index is 0.0707. The van der Waals surface area contributed by atoms with Crippen LogP contribution in [0.3, 0.4) is 0 Å². The van der Waals surface area contributed by atoms with E-state index in [0.717, 1.165) is 32.4 Å². The molecule has 1 N–H and O–H groups in total. The highest BCUT2D eigenvalue weighted by molar-refractivity contribution is 5.79. The molecule has 0 spiro atoms. The van der Waals surface area contributed by atoms with Gasteiger partial charge in [0.15, 0.2) is 0 Å². The van der Waals surface area contributed by atoms with Crippen LogP contribution in [0.2, 0.25) is 0 Å². The van der Waals surface area contributed by atoms with Crippen molar-refractivity contribution >= 4 is 5.91 Å². The molecule has 0 radical (unpaired) electrons. The molecule has 1 amide bonds. The number of nitrogens with one attached hydrogen (secondary N) is 1. The van der Waals surface area contributed by atoms with Gasteiger partial charge >= 0.3 is 0 Å². The largest absolute Gasteiger partial charge is 0.339 e. The first-order valence-electron chi connectivity index (χ1n) is 7.21. The molecule has 104 valence electrons. The van der Waals surface area contributed by atoms with Crippen LogP contribution in [0.25, 0.3) is 0 Å². The summed E-state index contributed by atoms with van der Waals surface area (Å²) in [5.74, 6) is 0.370. The fraction of sp³-hybridized carbons (Fsp3) is 0.562. The van der Waals surface area contributed by atoms with Crippen LogP contribution < -0.4 is 5.32 Å². The molecule has 1 aromatic rings. The van der Waals surface area contributed by atoms with Crippen LogP contribution in [0.5, 0.6) is 0 Å².